The van der Waals surface area contributed by atoms with Gasteiger partial charge in [-0.05, 0) is 38.6 Å². The van der Waals surface area contributed by atoms with E-state index in [0.717, 1.165) is 52.1 Å². The zero-order chi connectivity index (χ0) is 12.8. The lowest BCUT2D eigenvalue weighted by Crippen LogP contribution is -2.50. The van der Waals surface area contributed by atoms with Crippen molar-refractivity contribution in [2.45, 2.75) is 57.3 Å². The molecule has 0 aliphatic carbocycles. The minimum absolute atomic E-state index is 0.181. The molecule has 2 aliphatic heterocycles. The van der Waals surface area contributed by atoms with Gasteiger partial charge in [0.1, 0.15) is 0 Å². The van der Waals surface area contributed by atoms with Gasteiger partial charge in [-0.1, -0.05) is 6.92 Å². The van der Waals surface area contributed by atoms with Crippen molar-refractivity contribution in [2.75, 3.05) is 32.8 Å². The van der Waals surface area contributed by atoms with Crippen LogP contribution in [0.15, 0.2) is 0 Å². The normalized spacial score (nSPS) is 31.7. The average molecular weight is 256 g/mol. The zero-order valence-corrected chi connectivity index (χ0v) is 11.6. The van der Waals surface area contributed by atoms with Crippen molar-refractivity contribution < 1.29 is 9.47 Å². The molecule has 0 saturated carbocycles. The molecule has 18 heavy (non-hydrogen) atoms. The molecule has 0 spiro atoms. The van der Waals surface area contributed by atoms with Crippen molar-refractivity contribution in [1.29, 1.82) is 0 Å². The maximum Gasteiger partial charge on any atom is 0.0853 e. The molecule has 2 saturated heterocycles. The molecule has 0 aromatic heterocycles. The number of nitrogens with zero attached hydrogens (tertiary/aromatic N) is 1. The Morgan fingerprint density at radius 3 is 2.94 bits per heavy atom. The van der Waals surface area contributed by atoms with Crippen LogP contribution >= 0.6 is 0 Å². The third-order valence-corrected chi connectivity index (χ3v) is 4.19. The first-order valence-corrected chi connectivity index (χ1v) is 7.50. The van der Waals surface area contributed by atoms with Crippen molar-refractivity contribution in [1.82, 2.24) is 4.90 Å². The summed E-state index contributed by atoms with van der Waals surface area (Å²) in [5, 5.41) is 0. The molecule has 4 nitrogen and oxygen atoms in total. The van der Waals surface area contributed by atoms with Gasteiger partial charge >= 0.3 is 0 Å². The summed E-state index contributed by atoms with van der Waals surface area (Å²) in [4.78, 5) is 2.42. The minimum atomic E-state index is 0.181. The van der Waals surface area contributed by atoms with Gasteiger partial charge in [0, 0.05) is 25.7 Å². The predicted molar refractivity (Wildman–Crippen MR) is 72.7 cm³/mol. The molecule has 2 aliphatic rings. The maximum atomic E-state index is 6.26. The second kappa shape index (κ2) is 7.43. The monoisotopic (exact) mass is 256 g/mol. The average Bonchev–Trinajstić information content (AvgIpc) is 2.92. The summed E-state index contributed by atoms with van der Waals surface area (Å²) in [6, 6.07) is 0.181. The Morgan fingerprint density at radius 2 is 2.22 bits per heavy atom. The van der Waals surface area contributed by atoms with Crippen LogP contribution in [0.4, 0.5) is 0 Å². The molecule has 2 N–H and O–H groups in total. The van der Waals surface area contributed by atoms with E-state index in [-0.39, 0.29) is 12.1 Å². The summed E-state index contributed by atoms with van der Waals surface area (Å²) in [6.07, 6.45) is 6.57. The van der Waals surface area contributed by atoms with E-state index in [1.165, 1.54) is 12.8 Å². The number of morpholine rings is 1. The summed E-state index contributed by atoms with van der Waals surface area (Å²) in [5.41, 5.74) is 6.26. The van der Waals surface area contributed by atoms with Crippen molar-refractivity contribution in [3.8, 4) is 0 Å². The first-order valence-electron chi connectivity index (χ1n) is 7.50. The van der Waals surface area contributed by atoms with Crippen LogP contribution in [0.3, 0.4) is 0 Å². The van der Waals surface area contributed by atoms with Gasteiger partial charge in [-0.25, -0.2) is 0 Å². The van der Waals surface area contributed by atoms with Crippen molar-refractivity contribution >= 4 is 0 Å². The number of rotatable bonds is 6. The Balaban J connectivity index is 1.62. The van der Waals surface area contributed by atoms with Gasteiger partial charge in [0.05, 0.1) is 18.8 Å². The summed E-state index contributed by atoms with van der Waals surface area (Å²) in [6.45, 7) is 7.13. The third-order valence-electron chi connectivity index (χ3n) is 4.19. The fourth-order valence-electron chi connectivity index (χ4n) is 2.92. The van der Waals surface area contributed by atoms with E-state index in [4.69, 9.17) is 15.2 Å². The molecule has 0 bridgehead atoms. The Hall–Kier alpha value is -0.160. The molecule has 0 aromatic rings. The number of hydrogen-bond acceptors (Lipinski definition) is 4. The topological polar surface area (TPSA) is 47.7 Å². The number of ether oxygens (including phenoxy) is 2. The van der Waals surface area contributed by atoms with Crippen LogP contribution in [0.2, 0.25) is 0 Å². The molecular formula is C14H28N2O2. The van der Waals surface area contributed by atoms with Crippen molar-refractivity contribution in [3.05, 3.63) is 0 Å². The first kappa shape index (κ1) is 14.3. The van der Waals surface area contributed by atoms with Crippen LogP contribution in [0, 0.1) is 0 Å². The minimum Gasteiger partial charge on any atom is -0.378 e. The van der Waals surface area contributed by atoms with Crippen molar-refractivity contribution in [2.24, 2.45) is 5.73 Å². The van der Waals surface area contributed by atoms with Crippen LogP contribution < -0.4 is 5.73 Å². The molecular weight excluding hydrogens is 228 g/mol. The van der Waals surface area contributed by atoms with E-state index < -0.39 is 0 Å². The van der Waals surface area contributed by atoms with Gasteiger partial charge in [0.15, 0.2) is 0 Å². The molecule has 3 unspecified atom stereocenters. The first-order chi connectivity index (χ1) is 8.79. The summed E-state index contributed by atoms with van der Waals surface area (Å²) >= 11 is 0. The number of nitrogens with two attached hydrogens (primary N) is 1. The van der Waals surface area contributed by atoms with E-state index in [0.29, 0.717) is 6.10 Å². The highest BCUT2D eigenvalue weighted by molar-refractivity contribution is 4.80. The van der Waals surface area contributed by atoms with Gasteiger partial charge in [0.25, 0.3) is 0 Å². The Labute approximate surface area is 111 Å². The lowest BCUT2D eigenvalue weighted by atomic mass is 10.0. The zero-order valence-electron chi connectivity index (χ0n) is 11.6. The molecule has 0 radical (unpaired) electrons. The van der Waals surface area contributed by atoms with Gasteiger partial charge in [0.2, 0.25) is 0 Å². The molecule has 106 valence electrons. The van der Waals surface area contributed by atoms with E-state index in [2.05, 4.69) is 11.8 Å². The molecule has 3 atom stereocenters. The smallest absolute Gasteiger partial charge is 0.0853 e. The van der Waals surface area contributed by atoms with Crippen LogP contribution in [-0.2, 0) is 9.47 Å². The molecule has 0 amide bonds. The van der Waals surface area contributed by atoms with Gasteiger partial charge in [-0.3, -0.25) is 4.90 Å². The SMILES string of the molecule is CCN1CCOC(C(N)CCCC2CCCO2)C1. The summed E-state index contributed by atoms with van der Waals surface area (Å²) < 4.78 is 11.4. The van der Waals surface area contributed by atoms with Crippen LogP contribution in [-0.4, -0.2) is 56.0 Å². The molecule has 4 heteroatoms. The highest BCUT2D eigenvalue weighted by Gasteiger charge is 2.25. The highest BCUT2D eigenvalue weighted by atomic mass is 16.5. The lowest BCUT2D eigenvalue weighted by molar-refractivity contribution is -0.0404. The number of hydrogen-bond donors (Lipinski definition) is 1. The van der Waals surface area contributed by atoms with Crippen LogP contribution in [0.5, 0.6) is 0 Å². The Bertz CT molecular complexity index is 232. The second-order valence-corrected chi connectivity index (χ2v) is 5.53. The molecule has 0 aromatic carbocycles. The fourth-order valence-corrected chi connectivity index (χ4v) is 2.92. The van der Waals surface area contributed by atoms with E-state index >= 15 is 0 Å². The van der Waals surface area contributed by atoms with Crippen molar-refractivity contribution in [3.63, 3.8) is 0 Å². The molecule has 2 heterocycles. The third kappa shape index (κ3) is 4.19. The Kier molecular flexibility index (Phi) is 5.89. The number of likely N-dealkylation sites (N-methyl/N-ethyl adjacent to an activating group) is 1. The van der Waals surface area contributed by atoms with Crippen LogP contribution in [0.1, 0.15) is 39.0 Å². The van der Waals surface area contributed by atoms with E-state index in [1.54, 1.807) is 0 Å². The predicted octanol–water partition coefficient (Wildman–Crippen LogP) is 1.38. The van der Waals surface area contributed by atoms with Gasteiger partial charge in [-0.2, -0.15) is 0 Å². The van der Waals surface area contributed by atoms with E-state index in [1.807, 2.05) is 0 Å². The van der Waals surface area contributed by atoms with Gasteiger partial charge in [-0.15, -0.1) is 0 Å². The van der Waals surface area contributed by atoms with E-state index in [9.17, 15) is 0 Å². The van der Waals surface area contributed by atoms with Crippen LogP contribution in [0.25, 0.3) is 0 Å². The fraction of sp³-hybridized carbons (Fsp3) is 1.00. The Morgan fingerprint density at radius 1 is 1.33 bits per heavy atom. The highest BCUT2D eigenvalue weighted by Crippen LogP contribution is 2.19. The quantitative estimate of drug-likeness (QED) is 0.780. The standard InChI is InChI=1S/C14H28N2O2/c1-2-16-8-10-18-14(11-16)13(15)7-3-5-12-6-4-9-17-12/h12-14H,2-11,15H2,1H3. The second-order valence-electron chi connectivity index (χ2n) is 5.53. The summed E-state index contributed by atoms with van der Waals surface area (Å²) in [5.74, 6) is 0. The lowest BCUT2D eigenvalue weighted by Gasteiger charge is -2.35. The van der Waals surface area contributed by atoms with Gasteiger partial charge < -0.3 is 15.2 Å². The molecule has 2 rings (SSSR count). The largest absolute Gasteiger partial charge is 0.378 e. The molecule has 2 fully saturated rings. The maximum absolute atomic E-state index is 6.26. The summed E-state index contributed by atoms with van der Waals surface area (Å²) in [7, 11) is 0.